The molecule has 1 nitrogen and oxygen atoms in total. The van der Waals surface area contributed by atoms with Gasteiger partial charge >= 0.3 is 0 Å². The van der Waals surface area contributed by atoms with Gasteiger partial charge in [-0.3, -0.25) is 0 Å². The van der Waals surface area contributed by atoms with E-state index in [1.807, 2.05) is 18.2 Å². The fourth-order valence-corrected chi connectivity index (χ4v) is 3.38. The molecule has 0 saturated heterocycles. The van der Waals surface area contributed by atoms with Crippen molar-refractivity contribution in [2.45, 2.75) is 0 Å². The topological polar surface area (TPSA) is 31.5 Å². The average molecular weight is 338 g/mol. The Hall–Kier alpha value is -3.10. The predicted octanol–water partition coefficient (Wildman–Crippen LogP) is 3.31. The minimum Gasteiger partial charge on any atom is -0.412 e. The third-order valence-electron chi connectivity index (χ3n) is 4.58. The minimum absolute atomic E-state index is 0. The van der Waals surface area contributed by atoms with Crippen LogP contribution in [0.3, 0.4) is 0 Å². The van der Waals surface area contributed by atoms with Crippen LogP contribution in [0.25, 0.3) is 18.2 Å². The third kappa shape index (κ3) is 3.61. The lowest BCUT2D eigenvalue weighted by Crippen LogP contribution is -2.54. The minimum atomic E-state index is 0. The molecule has 0 bridgehead atoms. The zero-order chi connectivity index (χ0) is 17.6. The Morgan fingerprint density at radius 3 is 1.04 bits per heavy atom. The molecule has 0 unspecified atom stereocenters. The van der Waals surface area contributed by atoms with Crippen LogP contribution < -0.4 is 16.4 Å². The van der Waals surface area contributed by atoms with Gasteiger partial charge in [0.1, 0.15) is 0 Å². The smallest absolute Gasteiger partial charge is 0.243 e. The van der Waals surface area contributed by atoms with Gasteiger partial charge in [0.25, 0.3) is 0 Å². The van der Waals surface area contributed by atoms with Crippen LogP contribution in [0.15, 0.2) is 92.5 Å². The average Bonchev–Trinajstić information content (AvgIpc) is 2.69. The van der Waals surface area contributed by atoms with Gasteiger partial charge in [0.15, 0.2) is 0 Å². The fraction of sp³-hybridized carbons (Fsp3) is 0. The van der Waals surface area contributed by atoms with Crippen LogP contribution in [-0.4, -0.2) is 12.2 Å². The molecule has 0 amide bonds. The highest BCUT2D eigenvalue weighted by Crippen LogP contribution is 2.08. The van der Waals surface area contributed by atoms with Crippen LogP contribution in [-0.2, 0) is 0 Å². The van der Waals surface area contributed by atoms with Crippen molar-refractivity contribution >= 4 is 41.3 Å². The van der Waals surface area contributed by atoms with Crippen molar-refractivity contribution in [1.29, 1.82) is 0 Å². The second-order valence-corrected chi connectivity index (χ2v) is 5.93. The van der Waals surface area contributed by atoms with Crippen LogP contribution in [0.4, 0.5) is 0 Å². The molecule has 0 atom stereocenters. The first kappa shape index (κ1) is 19.2. The Kier molecular flexibility index (Phi) is 6.54. The summed E-state index contributed by atoms with van der Waals surface area (Å²) in [5, 5.41) is 0. The summed E-state index contributed by atoms with van der Waals surface area (Å²) in [4.78, 5) is 0. The van der Waals surface area contributed by atoms with Crippen LogP contribution in [0, 0.1) is 0 Å². The van der Waals surface area contributed by atoms with Gasteiger partial charge in [-0.05, 0) is 16.7 Å². The van der Waals surface area contributed by atoms with Crippen molar-refractivity contribution in [2.75, 3.05) is 0 Å². The summed E-state index contributed by atoms with van der Waals surface area (Å²) >= 11 is 0. The number of hydrogen-bond acceptors (Lipinski definition) is 0. The summed E-state index contributed by atoms with van der Waals surface area (Å²) < 4.78 is 0. The van der Waals surface area contributed by atoms with E-state index in [-0.39, 0.29) is 12.2 Å². The second kappa shape index (κ2) is 8.84. The predicted molar refractivity (Wildman–Crippen MR) is 118 cm³/mol. The highest BCUT2D eigenvalue weighted by Gasteiger charge is 2.26. The summed E-state index contributed by atoms with van der Waals surface area (Å²) in [6.07, 6.45) is 5.78. The van der Waals surface area contributed by atoms with E-state index < -0.39 is 0 Å². The fourth-order valence-electron chi connectivity index (χ4n) is 3.38. The lowest BCUT2D eigenvalue weighted by molar-refractivity contribution is 0.824. The highest BCUT2D eigenvalue weighted by atomic mass is 16.0. The summed E-state index contributed by atoms with van der Waals surface area (Å²) in [6, 6.07) is 25.3. The number of benzene rings is 3. The molecule has 128 valence electrons. The molecule has 0 aromatic heterocycles. The van der Waals surface area contributed by atoms with Crippen molar-refractivity contribution in [3.63, 3.8) is 0 Å². The Morgan fingerprint density at radius 1 is 0.500 bits per heavy atom. The van der Waals surface area contributed by atoms with Gasteiger partial charge in [0.05, 0.1) is 0 Å². The standard InChI is InChI=1S/C24H21B.H2O/c1-4-19-13-7-10-16-22(19)25(23-17-11-8-14-20(23)5-2)24-18-12-9-15-21(24)6-3;/h4-18H,1-3H2;1H2. The number of hydrogen-bond donors (Lipinski definition) is 0. The lowest BCUT2D eigenvalue weighted by atomic mass is 9.35. The Labute approximate surface area is 156 Å². The maximum absolute atomic E-state index is 4.01. The molecule has 0 radical (unpaired) electrons. The van der Waals surface area contributed by atoms with E-state index in [2.05, 4.69) is 92.5 Å². The maximum Gasteiger partial charge on any atom is 0.243 e. The summed E-state index contributed by atoms with van der Waals surface area (Å²) in [7, 11) is 0. The zero-order valence-electron chi connectivity index (χ0n) is 14.9. The first-order valence-corrected chi connectivity index (χ1v) is 8.44. The zero-order valence-corrected chi connectivity index (χ0v) is 14.9. The van der Waals surface area contributed by atoms with Gasteiger partial charge in [-0.15, -0.1) is 0 Å². The Bertz CT molecular complexity index is 804. The van der Waals surface area contributed by atoms with E-state index in [1.165, 1.54) is 16.4 Å². The molecule has 3 aromatic rings. The molecule has 2 N–H and O–H groups in total. The Balaban J connectivity index is 0.00000243. The quantitative estimate of drug-likeness (QED) is 0.618. The lowest BCUT2D eigenvalue weighted by Gasteiger charge is -2.21. The van der Waals surface area contributed by atoms with Gasteiger partial charge in [-0.2, -0.15) is 0 Å². The van der Waals surface area contributed by atoms with E-state index in [9.17, 15) is 0 Å². The van der Waals surface area contributed by atoms with Crippen LogP contribution >= 0.6 is 0 Å². The van der Waals surface area contributed by atoms with Crippen molar-refractivity contribution in [3.8, 4) is 0 Å². The van der Waals surface area contributed by atoms with E-state index in [0.29, 0.717) is 0 Å². The molecule has 0 spiro atoms. The number of rotatable bonds is 6. The molecule has 3 aromatic carbocycles. The van der Waals surface area contributed by atoms with Gasteiger partial charge < -0.3 is 5.48 Å². The van der Waals surface area contributed by atoms with Crippen molar-refractivity contribution < 1.29 is 5.48 Å². The SMILES string of the molecule is C=Cc1ccccc1B(c1ccccc1C=C)c1ccccc1C=C.O. The van der Waals surface area contributed by atoms with Gasteiger partial charge in [0, 0.05) is 0 Å². The van der Waals surface area contributed by atoms with Crippen LogP contribution in [0.2, 0.25) is 0 Å². The molecule has 2 heteroatoms. The van der Waals surface area contributed by atoms with Gasteiger partial charge in [0.2, 0.25) is 6.71 Å². The molecule has 3 rings (SSSR count). The highest BCUT2D eigenvalue weighted by molar-refractivity contribution is 6.96. The molecular weight excluding hydrogens is 315 g/mol. The van der Waals surface area contributed by atoms with Gasteiger partial charge in [-0.1, -0.05) is 127 Å². The summed E-state index contributed by atoms with van der Waals surface area (Å²) in [6.45, 7) is 12.1. The molecule has 0 aliphatic rings. The van der Waals surface area contributed by atoms with Crippen LogP contribution in [0.1, 0.15) is 16.7 Å². The molecule has 26 heavy (non-hydrogen) atoms. The first-order valence-electron chi connectivity index (χ1n) is 8.44. The van der Waals surface area contributed by atoms with E-state index in [4.69, 9.17) is 0 Å². The second-order valence-electron chi connectivity index (χ2n) is 5.93. The van der Waals surface area contributed by atoms with E-state index in [1.54, 1.807) is 0 Å². The molecule has 0 aliphatic heterocycles. The normalized spacial score (nSPS) is 9.69. The van der Waals surface area contributed by atoms with Crippen molar-refractivity contribution in [2.24, 2.45) is 0 Å². The molecule has 0 aliphatic carbocycles. The Morgan fingerprint density at radius 2 is 0.769 bits per heavy atom. The van der Waals surface area contributed by atoms with Crippen molar-refractivity contribution in [3.05, 3.63) is 109 Å². The summed E-state index contributed by atoms with van der Waals surface area (Å²) in [5.41, 5.74) is 7.14. The monoisotopic (exact) mass is 338 g/mol. The van der Waals surface area contributed by atoms with E-state index >= 15 is 0 Å². The van der Waals surface area contributed by atoms with E-state index in [0.717, 1.165) is 16.7 Å². The largest absolute Gasteiger partial charge is 0.412 e. The molecule has 0 heterocycles. The summed E-state index contributed by atoms with van der Waals surface area (Å²) in [5.74, 6) is 0. The molecule has 0 fully saturated rings. The molecular formula is C24H23BO. The maximum atomic E-state index is 4.01. The first-order chi connectivity index (χ1) is 12.3. The molecule has 0 saturated carbocycles. The third-order valence-corrected chi connectivity index (χ3v) is 4.58. The van der Waals surface area contributed by atoms with Gasteiger partial charge in [-0.25, -0.2) is 0 Å². The van der Waals surface area contributed by atoms with Crippen molar-refractivity contribution in [1.82, 2.24) is 0 Å². The van der Waals surface area contributed by atoms with Crippen LogP contribution in [0.5, 0.6) is 0 Å².